The van der Waals surface area contributed by atoms with Gasteiger partial charge in [-0.1, -0.05) is 72.3 Å². The van der Waals surface area contributed by atoms with Gasteiger partial charge in [-0.3, -0.25) is 0 Å². The summed E-state index contributed by atoms with van der Waals surface area (Å²) in [5, 5.41) is 0.989. The Morgan fingerprint density at radius 2 is 1.54 bits per heavy atom. The number of hydrogen-bond donors (Lipinski definition) is 1. The molecule has 4 aromatic rings. The highest BCUT2D eigenvalue weighted by molar-refractivity contribution is 6.31. The van der Waals surface area contributed by atoms with Crippen LogP contribution in [0.15, 0.2) is 72.8 Å². The number of aromatic nitrogens is 1. The van der Waals surface area contributed by atoms with Crippen molar-refractivity contribution in [2.45, 2.75) is 6.42 Å². The Kier molecular flexibility index (Phi) is 3.83. The van der Waals surface area contributed by atoms with Gasteiger partial charge in [0.2, 0.25) is 0 Å². The Bertz CT molecular complexity index is 991. The summed E-state index contributed by atoms with van der Waals surface area (Å²) in [6.45, 7) is 0. The summed E-state index contributed by atoms with van der Waals surface area (Å²) in [6, 6.07) is 23.5. The van der Waals surface area contributed by atoms with Crippen LogP contribution in [-0.4, -0.2) is 4.98 Å². The molecule has 0 bridgehead atoms. The van der Waals surface area contributed by atoms with Gasteiger partial charge in [-0.2, -0.15) is 0 Å². The van der Waals surface area contributed by atoms with Gasteiger partial charge in [0.05, 0.1) is 5.02 Å². The average molecular weight is 336 g/mol. The molecule has 3 heteroatoms. The number of rotatable bonds is 3. The largest absolute Gasteiger partial charge is 0.358 e. The minimum atomic E-state index is -0.397. The Morgan fingerprint density at radius 1 is 0.875 bits per heavy atom. The van der Waals surface area contributed by atoms with Crippen LogP contribution in [0.25, 0.3) is 22.0 Å². The topological polar surface area (TPSA) is 15.8 Å². The maximum absolute atomic E-state index is 14.0. The van der Waals surface area contributed by atoms with Gasteiger partial charge >= 0.3 is 0 Å². The lowest BCUT2D eigenvalue weighted by Gasteiger charge is -2.06. The first kappa shape index (κ1) is 15.0. The lowest BCUT2D eigenvalue weighted by atomic mass is 9.98. The van der Waals surface area contributed by atoms with E-state index in [9.17, 15) is 4.39 Å². The van der Waals surface area contributed by atoms with E-state index < -0.39 is 5.82 Å². The van der Waals surface area contributed by atoms with Gasteiger partial charge in [-0.05, 0) is 23.3 Å². The minimum absolute atomic E-state index is 0.134. The lowest BCUT2D eigenvalue weighted by molar-refractivity contribution is 0.630. The molecule has 24 heavy (non-hydrogen) atoms. The first-order valence-corrected chi connectivity index (χ1v) is 8.19. The van der Waals surface area contributed by atoms with Crippen LogP contribution in [0.4, 0.5) is 4.39 Å². The van der Waals surface area contributed by atoms with Crippen molar-refractivity contribution in [3.05, 3.63) is 94.9 Å². The highest BCUT2D eigenvalue weighted by Crippen LogP contribution is 2.35. The van der Waals surface area contributed by atoms with Crippen LogP contribution in [0.1, 0.15) is 11.3 Å². The molecule has 0 aliphatic heterocycles. The monoisotopic (exact) mass is 335 g/mol. The summed E-state index contributed by atoms with van der Waals surface area (Å²) in [5.41, 5.74) is 5.21. The van der Waals surface area contributed by atoms with Crippen LogP contribution in [0.5, 0.6) is 0 Å². The van der Waals surface area contributed by atoms with E-state index in [0.29, 0.717) is 0 Å². The van der Waals surface area contributed by atoms with Crippen molar-refractivity contribution in [1.29, 1.82) is 0 Å². The van der Waals surface area contributed by atoms with Crippen LogP contribution in [-0.2, 0) is 6.42 Å². The maximum Gasteiger partial charge on any atom is 0.142 e. The zero-order valence-electron chi connectivity index (χ0n) is 12.9. The van der Waals surface area contributed by atoms with Gasteiger partial charge in [0.15, 0.2) is 0 Å². The fourth-order valence-corrected chi connectivity index (χ4v) is 3.28. The van der Waals surface area contributed by atoms with E-state index in [0.717, 1.165) is 34.1 Å². The third-order valence-corrected chi connectivity index (χ3v) is 4.49. The molecule has 4 rings (SSSR count). The molecule has 1 heterocycles. The molecule has 0 saturated carbocycles. The Morgan fingerprint density at radius 3 is 2.25 bits per heavy atom. The quantitative estimate of drug-likeness (QED) is 0.457. The predicted octanol–water partition coefficient (Wildman–Crippen LogP) is 6.22. The molecule has 0 saturated heterocycles. The molecule has 3 aromatic carbocycles. The van der Waals surface area contributed by atoms with Gasteiger partial charge in [-0.15, -0.1) is 0 Å². The van der Waals surface area contributed by atoms with E-state index in [1.807, 2.05) is 48.5 Å². The molecule has 1 nitrogen and oxygen atoms in total. The second kappa shape index (κ2) is 6.14. The average Bonchev–Trinajstić information content (AvgIpc) is 2.94. The molecule has 0 amide bonds. The van der Waals surface area contributed by atoms with E-state index in [4.69, 9.17) is 11.6 Å². The second-order valence-corrected chi connectivity index (χ2v) is 6.23. The smallest absolute Gasteiger partial charge is 0.142 e. The number of H-pyrrole nitrogens is 1. The molecule has 0 aliphatic carbocycles. The minimum Gasteiger partial charge on any atom is -0.358 e. The van der Waals surface area contributed by atoms with Crippen molar-refractivity contribution in [3.63, 3.8) is 0 Å². The number of hydrogen-bond acceptors (Lipinski definition) is 0. The molecule has 0 aliphatic rings. The van der Waals surface area contributed by atoms with E-state index in [-0.39, 0.29) is 5.02 Å². The zero-order valence-corrected chi connectivity index (χ0v) is 13.6. The SMILES string of the molecule is Fc1cc2c(-c3ccccc3)c(Cc3ccccc3)[nH]c2cc1Cl. The van der Waals surface area contributed by atoms with Crippen molar-refractivity contribution in [2.24, 2.45) is 0 Å². The van der Waals surface area contributed by atoms with Crippen molar-refractivity contribution >= 4 is 22.5 Å². The molecule has 118 valence electrons. The van der Waals surface area contributed by atoms with Crippen LogP contribution in [0.2, 0.25) is 5.02 Å². The van der Waals surface area contributed by atoms with Gasteiger partial charge in [-0.25, -0.2) is 4.39 Å². The lowest BCUT2D eigenvalue weighted by Crippen LogP contribution is -1.91. The molecular weight excluding hydrogens is 321 g/mol. The first-order chi connectivity index (χ1) is 11.7. The van der Waals surface area contributed by atoms with Gasteiger partial charge in [0.1, 0.15) is 5.82 Å². The molecule has 0 radical (unpaired) electrons. The van der Waals surface area contributed by atoms with Crippen molar-refractivity contribution in [2.75, 3.05) is 0 Å². The summed E-state index contributed by atoms with van der Waals surface area (Å²) < 4.78 is 14.0. The second-order valence-electron chi connectivity index (χ2n) is 5.82. The summed E-state index contributed by atoms with van der Waals surface area (Å²) in [4.78, 5) is 3.43. The molecule has 0 fully saturated rings. The molecule has 0 unspecified atom stereocenters. The number of nitrogens with one attached hydrogen (secondary N) is 1. The third kappa shape index (κ3) is 2.70. The van der Waals surface area contributed by atoms with Crippen LogP contribution in [0, 0.1) is 5.82 Å². The maximum atomic E-state index is 14.0. The van der Waals surface area contributed by atoms with Crippen molar-refractivity contribution < 1.29 is 4.39 Å². The van der Waals surface area contributed by atoms with Crippen LogP contribution < -0.4 is 0 Å². The van der Waals surface area contributed by atoms with Gasteiger partial charge in [0.25, 0.3) is 0 Å². The summed E-state index contributed by atoms with van der Waals surface area (Å²) in [7, 11) is 0. The molecule has 0 spiro atoms. The molecule has 1 aromatic heterocycles. The first-order valence-electron chi connectivity index (χ1n) is 7.81. The van der Waals surface area contributed by atoms with E-state index in [1.54, 1.807) is 6.07 Å². The summed E-state index contributed by atoms with van der Waals surface area (Å²) in [5.74, 6) is -0.397. The molecule has 0 atom stereocenters. The van der Waals surface area contributed by atoms with Crippen LogP contribution in [0.3, 0.4) is 0 Å². The van der Waals surface area contributed by atoms with E-state index in [2.05, 4.69) is 17.1 Å². The predicted molar refractivity (Wildman–Crippen MR) is 98.0 cm³/mol. The number of aromatic amines is 1. The standard InChI is InChI=1S/C21H15ClFN/c22-17-13-19-16(12-18(17)23)21(15-9-5-2-6-10-15)20(24-19)11-14-7-3-1-4-8-14/h1-10,12-13,24H,11H2. The van der Waals surface area contributed by atoms with E-state index >= 15 is 0 Å². The number of fused-ring (bicyclic) bond motifs is 1. The number of benzene rings is 3. The van der Waals surface area contributed by atoms with Gasteiger partial charge < -0.3 is 4.98 Å². The Labute approximate surface area is 144 Å². The number of halogens is 2. The summed E-state index contributed by atoms with van der Waals surface area (Å²) >= 11 is 5.96. The highest BCUT2D eigenvalue weighted by Gasteiger charge is 2.16. The third-order valence-electron chi connectivity index (χ3n) is 4.20. The molecule has 1 N–H and O–H groups in total. The van der Waals surface area contributed by atoms with Crippen LogP contribution >= 0.6 is 11.6 Å². The Hall–Kier alpha value is -2.58. The summed E-state index contributed by atoms with van der Waals surface area (Å²) in [6.07, 6.45) is 0.749. The van der Waals surface area contributed by atoms with E-state index in [1.165, 1.54) is 11.6 Å². The molecular formula is C21H15ClFN. The normalized spacial score (nSPS) is 11.1. The van der Waals surface area contributed by atoms with Crippen molar-refractivity contribution in [3.8, 4) is 11.1 Å². The fourth-order valence-electron chi connectivity index (χ4n) is 3.11. The highest BCUT2D eigenvalue weighted by atomic mass is 35.5. The van der Waals surface area contributed by atoms with Crippen molar-refractivity contribution in [1.82, 2.24) is 4.98 Å². The van der Waals surface area contributed by atoms with Gasteiger partial charge in [0, 0.05) is 28.6 Å². The fraction of sp³-hybridized carbons (Fsp3) is 0.0476. The zero-order chi connectivity index (χ0) is 16.5. The Balaban J connectivity index is 1.95.